The number of allylic oxidation sites excluding steroid dienone is 5. The molecule has 0 amide bonds. The van der Waals surface area contributed by atoms with Crippen molar-refractivity contribution in [2.24, 2.45) is 9.98 Å². The molecule has 0 unspecified atom stereocenters. The molecule has 2 aromatic heterocycles. The van der Waals surface area contributed by atoms with Crippen LogP contribution in [0.5, 0.6) is 0 Å². The molecule has 0 saturated carbocycles. The number of aromatic nitrogens is 2. The number of carbonyl (C=O) groups is 2. The molecule has 43 heavy (non-hydrogen) atoms. The summed E-state index contributed by atoms with van der Waals surface area (Å²) in [4.78, 5) is 33.5. The van der Waals surface area contributed by atoms with Gasteiger partial charge < -0.3 is 0 Å². The van der Waals surface area contributed by atoms with Crippen LogP contribution in [0.2, 0.25) is 0 Å². The van der Waals surface area contributed by atoms with Crippen molar-refractivity contribution in [2.75, 3.05) is 0 Å². The van der Waals surface area contributed by atoms with Crippen molar-refractivity contribution in [1.82, 2.24) is 5.11 Å². The molecule has 6 rings (SSSR count). The third-order valence-corrected chi connectivity index (χ3v) is 13.3. The van der Waals surface area contributed by atoms with E-state index in [9.17, 15) is 19.8 Å². The third-order valence-electron chi connectivity index (χ3n) is 8.85. The Kier molecular flexibility index (Phi) is 7.32. The number of fused-ring (bicyclic) bond motifs is 2. The Morgan fingerprint density at radius 3 is 2.09 bits per heavy atom. The van der Waals surface area contributed by atoms with Crippen molar-refractivity contribution in [3.05, 3.63) is 97.3 Å². The molecule has 4 aliphatic rings. The Morgan fingerprint density at radius 2 is 1.42 bits per heavy atom. The summed E-state index contributed by atoms with van der Waals surface area (Å²) < 4.78 is 4.85. The fourth-order valence-electron chi connectivity index (χ4n) is 6.47. The second-order valence-electron chi connectivity index (χ2n) is 11.2. The van der Waals surface area contributed by atoms with Gasteiger partial charge in [0.25, 0.3) is 0 Å². The third kappa shape index (κ3) is 4.70. The van der Waals surface area contributed by atoms with E-state index in [1.807, 2.05) is 19.1 Å². The number of carboxylic acid groups (broad SMARTS) is 2. The fourth-order valence-corrected chi connectivity index (χ4v) is 11.3. The van der Waals surface area contributed by atoms with E-state index in [1.54, 1.807) is 0 Å². The Morgan fingerprint density at radius 1 is 0.791 bits per heavy atom. The van der Waals surface area contributed by atoms with Gasteiger partial charge in [-0.1, -0.05) is 0 Å². The van der Waals surface area contributed by atoms with E-state index in [0.29, 0.717) is 12.8 Å². The molecule has 8 nitrogen and oxygen atoms in total. The second kappa shape index (κ2) is 10.9. The van der Waals surface area contributed by atoms with Crippen LogP contribution in [0.3, 0.4) is 0 Å². The predicted octanol–water partition coefficient (Wildman–Crippen LogP) is 4.36. The van der Waals surface area contributed by atoms with E-state index >= 15 is 0 Å². The zero-order chi connectivity index (χ0) is 30.7. The van der Waals surface area contributed by atoms with Crippen LogP contribution in [0.1, 0.15) is 66.8 Å². The minimum absolute atomic E-state index is 0.0000891. The zero-order valence-electron chi connectivity index (χ0n) is 24.8. The van der Waals surface area contributed by atoms with Gasteiger partial charge in [-0.15, -0.1) is 0 Å². The van der Waals surface area contributed by atoms with Gasteiger partial charge in [-0.25, -0.2) is 0 Å². The van der Waals surface area contributed by atoms with Crippen LogP contribution in [0, 0.1) is 13.8 Å². The monoisotopic (exact) mass is 675 g/mol. The van der Waals surface area contributed by atoms with Gasteiger partial charge in [-0.3, -0.25) is 0 Å². The first-order valence-corrected chi connectivity index (χ1v) is 17.2. The average molecular weight is 675 g/mol. The SMILES string of the molecule is C=CC1=C(C)C2=Cc3c(C=C)c(C)c4[n]3[In][n]3c(c(C)c(CCC(=O)O)c3=CC3=NC(=C4)C(C)=C3CCC(=O)O)=CC1=N2. The van der Waals surface area contributed by atoms with Gasteiger partial charge in [0.05, 0.1) is 0 Å². The summed E-state index contributed by atoms with van der Waals surface area (Å²) in [5.41, 5.74) is 13.4. The van der Waals surface area contributed by atoms with Crippen molar-refractivity contribution >= 4 is 77.2 Å². The van der Waals surface area contributed by atoms with Gasteiger partial charge >= 0.3 is 263 Å². The fraction of sp³-hybridized carbons (Fsp3) is 0.235. The molecule has 2 aromatic rings. The van der Waals surface area contributed by atoms with Crippen molar-refractivity contribution in [3.8, 4) is 0 Å². The Labute approximate surface area is 261 Å². The van der Waals surface area contributed by atoms with Crippen LogP contribution in [0.4, 0.5) is 0 Å². The predicted molar refractivity (Wildman–Crippen MR) is 172 cm³/mol. The van der Waals surface area contributed by atoms with Crippen molar-refractivity contribution in [2.45, 2.75) is 53.4 Å². The van der Waals surface area contributed by atoms with E-state index in [-0.39, 0.29) is 12.8 Å². The van der Waals surface area contributed by atoms with Crippen molar-refractivity contribution in [3.63, 3.8) is 0 Å². The number of rotatable bonds is 8. The number of carboxylic acids is 2. The van der Waals surface area contributed by atoms with Crippen LogP contribution in [0.25, 0.3) is 30.4 Å². The van der Waals surface area contributed by atoms with Gasteiger partial charge in [0.1, 0.15) is 0 Å². The van der Waals surface area contributed by atoms with E-state index in [4.69, 9.17) is 9.98 Å². The second-order valence-corrected chi connectivity index (χ2v) is 14.8. The summed E-state index contributed by atoms with van der Waals surface area (Å²) in [7, 11) is 0. The maximum atomic E-state index is 11.8. The van der Waals surface area contributed by atoms with Crippen LogP contribution in [0.15, 0.2) is 62.9 Å². The molecule has 215 valence electrons. The number of hydrogen-bond acceptors (Lipinski definition) is 4. The van der Waals surface area contributed by atoms with Gasteiger partial charge in [-0.05, 0) is 0 Å². The summed E-state index contributed by atoms with van der Waals surface area (Å²) >= 11 is -1.96. The van der Waals surface area contributed by atoms with E-state index in [0.717, 1.165) is 89.4 Å². The first kappa shape index (κ1) is 29.0. The first-order chi connectivity index (χ1) is 20.5. The van der Waals surface area contributed by atoms with Crippen molar-refractivity contribution < 1.29 is 19.8 Å². The molecule has 2 N–H and O–H groups in total. The summed E-state index contributed by atoms with van der Waals surface area (Å²) in [6.45, 7) is 16.5. The Hall–Kier alpha value is -4.11. The molecule has 6 heterocycles. The molecular weight excluding hydrogens is 643 g/mol. The molecule has 0 saturated heterocycles. The van der Waals surface area contributed by atoms with Gasteiger partial charge in [0.2, 0.25) is 0 Å². The number of aliphatic imine (C=N–C) groups is 2. The van der Waals surface area contributed by atoms with Crippen LogP contribution < -0.4 is 10.7 Å². The molecule has 1 radical (unpaired) electrons. The van der Waals surface area contributed by atoms with Gasteiger partial charge in [-0.2, -0.15) is 0 Å². The Bertz CT molecular complexity index is 2020. The van der Waals surface area contributed by atoms with E-state index in [2.05, 4.69) is 63.3 Å². The summed E-state index contributed by atoms with van der Waals surface area (Å²) in [5, 5.41) is 21.1. The molecule has 4 aliphatic heterocycles. The first-order valence-electron chi connectivity index (χ1n) is 14.3. The van der Waals surface area contributed by atoms with Gasteiger partial charge in [0, 0.05) is 0 Å². The molecular formula is C34H32InN4O4. The van der Waals surface area contributed by atoms with E-state index < -0.39 is 35.4 Å². The molecule has 0 atom stereocenters. The van der Waals surface area contributed by atoms with Crippen molar-refractivity contribution in [1.29, 1.82) is 0 Å². The van der Waals surface area contributed by atoms with Gasteiger partial charge in [0.15, 0.2) is 0 Å². The topological polar surface area (TPSA) is 109 Å². The summed E-state index contributed by atoms with van der Waals surface area (Å²) in [6, 6.07) is 0. The molecule has 0 aliphatic carbocycles. The maximum absolute atomic E-state index is 11.8. The van der Waals surface area contributed by atoms with Crippen LogP contribution in [-0.4, -0.2) is 62.2 Å². The molecule has 6 bridgehead atoms. The summed E-state index contributed by atoms with van der Waals surface area (Å²) in [6.07, 6.45) is 13.0. The summed E-state index contributed by atoms with van der Waals surface area (Å²) in [5.74, 6) is -1.71. The molecule has 9 heteroatoms. The molecule has 0 fully saturated rings. The number of aliphatic carboxylic acids is 2. The average Bonchev–Trinajstić information content (AvgIpc) is 3.58. The number of nitrogens with zero attached hydrogens (tertiary/aromatic N) is 4. The quantitative estimate of drug-likeness (QED) is 0.434. The van der Waals surface area contributed by atoms with Crippen LogP contribution >= 0.6 is 0 Å². The molecule has 0 aromatic carbocycles. The Balaban J connectivity index is 1.80. The van der Waals surface area contributed by atoms with Crippen LogP contribution in [-0.2, 0) is 16.0 Å². The standard InChI is InChI=1S/C34H34N4O4.In/c1-7-21-17(3)25-13-26-19(5)23(9-11-33(39)40)31(37-26)16-32-24(10-12-34(41)42)20(6)28(38-32)15-30-22(8-2)18(4)27(36-30)14-29(21)35-25;/h7-8,13-16H,1-2,9-12H2,3-6H3,(H4,35,36,37,38,39,40,41,42);/q;+2/p-2. The number of hydrogen-bond donors (Lipinski definition) is 2. The molecule has 0 spiro atoms. The normalized spacial score (nSPS) is 16.4. The zero-order valence-corrected chi connectivity index (χ0v) is 28.1. The van der Waals surface area contributed by atoms with E-state index in [1.165, 1.54) is 0 Å². The minimum atomic E-state index is -1.96.